The monoisotopic (exact) mass is 190 g/mol. The average molecular weight is 190 g/mol. The van der Waals surface area contributed by atoms with Crippen LogP contribution >= 0.6 is 0 Å². The van der Waals surface area contributed by atoms with E-state index in [0.717, 1.165) is 0 Å². The molecule has 0 fully saturated rings. The Morgan fingerprint density at radius 1 is 1.46 bits per heavy atom. The van der Waals surface area contributed by atoms with Crippen molar-refractivity contribution in [2.75, 3.05) is 20.3 Å². The molecule has 0 heterocycles. The maximum atomic E-state index is 10.9. The summed E-state index contributed by atoms with van der Waals surface area (Å²) in [5, 5.41) is 17.6. The number of carboxylic acids is 1. The van der Waals surface area contributed by atoms with Crippen molar-refractivity contribution in [2.45, 2.75) is 26.2 Å². The lowest BCUT2D eigenvalue weighted by Crippen LogP contribution is -2.29. The van der Waals surface area contributed by atoms with Gasteiger partial charge in [-0.15, -0.1) is 0 Å². The molecular formula is C9H18O4. The fourth-order valence-electron chi connectivity index (χ4n) is 1.14. The molecule has 78 valence electrons. The van der Waals surface area contributed by atoms with Crippen molar-refractivity contribution < 1.29 is 19.7 Å². The molecule has 0 rings (SSSR count). The Morgan fingerprint density at radius 3 is 2.46 bits per heavy atom. The highest BCUT2D eigenvalue weighted by atomic mass is 16.5. The van der Waals surface area contributed by atoms with E-state index in [-0.39, 0.29) is 6.61 Å². The van der Waals surface area contributed by atoms with Crippen molar-refractivity contribution in [1.82, 2.24) is 0 Å². The molecule has 0 aromatic heterocycles. The number of aliphatic carboxylic acids is 1. The van der Waals surface area contributed by atoms with Gasteiger partial charge >= 0.3 is 5.97 Å². The van der Waals surface area contributed by atoms with Gasteiger partial charge in [-0.1, -0.05) is 0 Å². The van der Waals surface area contributed by atoms with E-state index in [0.29, 0.717) is 25.9 Å². The van der Waals surface area contributed by atoms with E-state index in [9.17, 15) is 4.79 Å². The van der Waals surface area contributed by atoms with E-state index in [4.69, 9.17) is 14.9 Å². The van der Waals surface area contributed by atoms with Crippen LogP contribution in [0.25, 0.3) is 0 Å². The molecule has 0 aliphatic carbocycles. The number of rotatable bonds is 7. The van der Waals surface area contributed by atoms with Crippen LogP contribution in [0, 0.1) is 5.41 Å². The summed E-state index contributed by atoms with van der Waals surface area (Å²) in [6.07, 6.45) is 1.49. The first-order chi connectivity index (χ1) is 6.06. The smallest absolute Gasteiger partial charge is 0.309 e. The molecule has 1 unspecified atom stereocenters. The quantitative estimate of drug-likeness (QED) is 0.625. The zero-order chi connectivity index (χ0) is 10.3. The number of hydrogen-bond acceptors (Lipinski definition) is 3. The molecule has 4 heteroatoms. The van der Waals surface area contributed by atoms with E-state index in [1.165, 1.54) is 0 Å². The molecule has 0 aliphatic heterocycles. The second-order valence-corrected chi connectivity index (χ2v) is 3.44. The van der Waals surface area contributed by atoms with Crippen molar-refractivity contribution >= 4 is 5.97 Å². The van der Waals surface area contributed by atoms with Gasteiger partial charge < -0.3 is 14.9 Å². The molecule has 1 atom stereocenters. The highest BCUT2D eigenvalue weighted by Crippen LogP contribution is 2.27. The van der Waals surface area contributed by atoms with Gasteiger partial charge in [0.1, 0.15) is 0 Å². The first kappa shape index (κ1) is 12.4. The normalized spacial score (nSPS) is 15.3. The number of carboxylic acid groups (broad SMARTS) is 1. The minimum atomic E-state index is -0.821. The molecule has 0 bridgehead atoms. The maximum Gasteiger partial charge on any atom is 0.309 e. The molecule has 0 saturated carbocycles. The Labute approximate surface area is 78.5 Å². The van der Waals surface area contributed by atoms with Gasteiger partial charge in [-0.25, -0.2) is 0 Å². The molecule has 13 heavy (non-hydrogen) atoms. The van der Waals surface area contributed by atoms with E-state index in [1.54, 1.807) is 14.0 Å². The van der Waals surface area contributed by atoms with Gasteiger partial charge in [0.2, 0.25) is 0 Å². The molecule has 0 saturated heterocycles. The van der Waals surface area contributed by atoms with Crippen LogP contribution in [0.1, 0.15) is 26.2 Å². The molecule has 0 radical (unpaired) electrons. The second-order valence-electron chi connectivity index (χ2n) is 3.44. The minimum absolute atomic E-state index is 0.0376. The highest BCUT2D eigenvalue weighted by molar-refractivity contribution is 5.74. The van der Waals surface area contributed by atoms with Crippen molar-refractivity contribution in [3.8, 4) is 0 Å². The van der Waals surface area contributed by atoms with Gasteiger partial charge in [0.05, 0.1) is 5.41 Å². The summed E-state index contributed by atoms with van der Waals surface area (Å²) < 4.78 is 4.84. The fraction of sp³-hybridized carbons (Fsp3) is 0.889. The minimum Gasteiger partial charge on any atom is -0.481 e. The van der Waals surface area contributed by atoms with Crippen LogP contribution in [0.5, 0.6) is 0 Å². The van der Waals surface area contributed by atoms with Crippen LogP contribution in [-0.4, -0.2) is 36.5 Å². The SMILES string of the molecule is COCCC(C)(CCCO)C(=O)O. The van der Waals surface area contributed by atoms with Gasteiger partial charge in [0.25, 0.3) is 0 Å². The first-order valence-corrected chi connectivity index (χ1v) is 4.40. The summed E-state index contributed by atoms with van der Waals surface area (Å²) >= 11 is 0. The second kappa shape index (κ2) is 5.94. The lowest BCUT2D eigenvalue weighted by Gasteiger charge is -2.23. The molecule has 0 aliphatic rings. The third-order valence-corrected chi connectivity index (χ3v) is 2.26. The Balaban J connectivity index is 4.08. The van der Waals surface area contributed by atoms with Crippen molar-refractivity contribution in [1.29, 1.82) is 0 Å². The fourth-order valence-corrected chi connectivity index (χ4v) is 1.14. The third kappa shape index (κ3) is 4.24. The molecule has 2 N–H and O–H groups in total. The zero-order valence-corrected chi connectivity index (χ0v) is 8.25. The van der Waals surface area contributed by atoms with E-state index < -0.39 is 11.4 Å². The molecular weight excluding hydrogens is 172 g/mol. The van der Waals surface area contributed by atoms with Crippen molar-refractivity contribution in [2.24, 2.45) is 5.41 Å². The van der Waals surface area contributed by atoms with Crippen molar-refractivity contribution in [3.63, 3.8) is 0 Å². The van der Waals surface area contributed by atoms with Crippen LogP contribution in [0.2, 0.25) is 0 Å². The first-order valence-electron chi connectivity index (χ1n) is 4.40. The number of ether oxygens (including phenoxy) is 1. The standard InChI is InChI=1S/C9H18O4/c1-9(8(11)12,4-3-6-10)5-7-13-2/h10H,3-7H2,1-2H3,(H,11,12). The predicted octanol–water partition coefficient (Wildman–Crippen LogP) is 0.886. The summed E-state index contributed by atoms with van der Waals surface area (Å²) in [6, 6.07) is 0. The number of aliphatic hydroxyl groups is 1. The highest BCUT2D eigenvalue weighted by Gasteiger charge is 2.31. The van der Waals surface area contributed by atoms with Crippen LogP contribution in [0.4, 0.5) is 0 Å². The third-order valence-electron chi connectivity index (χ3n) is 2.26. The Hall–Kier alpha value is -0.610. The molecule has 0 aromatic rings. The Kier molecular flexibility index (Phi) is 5.66. The Bertz CT molecular complexity index is 148. The van der Waals surface area contributed by atoms with Crippen LogP contribution in [-0.2, 0) is 9.53 Å². The topological polar surface area (TPSA) is 66.8 Å². The summed E-state index contributed by atoms with van der Waals surface area (Å²) in [6.45, 7) is 2.16. The van der Waals surface area contributed by atoms with Crippen LogP contribution in [0.15, 0.2) is 0 Å². The molecule has 0 spiro atoms. The maximum absolute atomic E-state index is 10.9. The van der Waals surface area contributed by atoms with Gasteiger partial charge in [-0.05, 0) is 26.2 Å². The zero-order valence-electron chi connectivity index (χ0n) is 8.25. The number of aliphatic hydroxyl groups excluding tert-OH is 1. The van der Waals surface area contributed by atoms with E-state index in [2.05, 4.69) is 0 Å². The summed E-state index contributed by atoms with van der Waals surface area (Å²) in [5.74, 6) is -0.821. The molecule has 0 amide bonds. The summed E-state index contributed by atoms with van der Waals surface area (Å²) in [7, 11) is 1.55. The van der Waals surface area contributed by atoms with Gasteiger partial charge in [-0.2, -0.15) is 0 Å². The predicted molar refractivity (Wildman–Crippen MR) is 48.6 cm³/mol. The van der Waals surface area contributed by atoms with Gasteiger partial charge in [-0.3, -0.25) is 4.79 Å². The Morgan fingerprint density at radius 2 is 2.08 bits per heavy atom. The number of hydrogen-bond donors (Lipinski definition) is 2. The average Bonchev–Trinajstić information content (AvgIpc) is 2.11. The molecule has 0 aromatic carbocycles. The summed E-state index contributed by atoms with van der Waals surface area (Å²) in [4.78, 5) is 10.9. The largest absolute Gasteiger partial charge is 0.481 e. The lowest BCUT2D eigenvalue weighted by molar-refractivity contribution is -0.149. The lowest BCUT2D eigenvalue weighted by atomic mass is 9.82. The van der Waals surface area contributed by atoms with Gasteiger partial charge in [0.15, 0.2) is 0 Å². The van der Waals surface area contributed by atoms with Crippen LogP contribution in [0.3, 0.4) is 0 Å². The van der Waals surface area contributed by atoms with E-state index in [1.807, 2.05) is 0 Å². The summed E-state index contributed by atoms with van der Waals surface area (Å²) in [5.41, 5.74) is -0.765. The van der Waals surface area contributed by atoms with Gasteiger partial charge in [0, 0.05) is 20.3 Å². The van der Waals surface area contributed by atoms with Crippen molar-refractivity contribution in [3.05, 3.63) is 0 Å². The molecule has 4 nitrogen and oxygen atoms in total. The van der Waals surface area contributed by atoms with E-state index >= 15 is 0 Å². The number of methoxy groups -OCH3 is 1. The number of carbonyl (C=O) groups is 1. The van der Waals surface area contributed by atoms with Crippen LogP contribution < -0.4 is 0 Å².